The number of aromatic nitrogens is 3. The molecule has 7 heteroatoms. The molecule has 1 atom stereocenters. The number of nitrogens with zero attached hydrogens (tertiary/aromatic N) is 3. The van der Waals surface area contributed by atoms with Crippen molar-refractivity contribution in [2.45, 2.75) is 17.5 Å². The zero-order valence-electron chi connectivity index (χ0n) is 13.1. The third-order valence-corrected chi connectivity index (χ3v) is 4.85. The summed E-state index contributed by atoms with van der Waals surface area (Å²) in [6.07, 6.45) is 7.24. The molecule has 0 amide bonds. The summed E-state index contributed by atoms with van der Waals surface area (Å²) in [6, 6.07) is 9.98. The molecule has 0 spiro atoms. The van der Waals surface area contributed by atoms with Gasteiger partial charge < -0.3 is 9.67 Å². The number of sulfone groups is 1. The topological polar surface area (TPSA) is 85.1 Å². The SMILES string of the molecule is CS(=O)(=O)c1ccc(C(O)Cn2ccnc2-c2ccncc2)cc1. The number of imidazole rings is 1. The molecule has 6 nitrogen and oxygen atoms in total. The van der Waals surface area contributed by atoms with Crippen molar-refractivity contribution in [3.8, 4) is 11.4 Å². The summed E-state index contributed by atoms with van der Waals surface area (Å²) in [5.74, 6) is 0.740. The largest absolute Gasteiger partial charge is 0.387 e. The number of benzene rings is 1. The van der Waals surface area contributed by atoms with E-state index in [2.05, 4.69) is 9.97 Å². The van der Waals surface area contributed by atoms with Gasteiger partial charge in [0.1, 0.15) is 5.82 Å². The molecule has 0 saturated carbocycles. The smallest absolute Gasteiger partial charge is 0.175 e. The van der Waals surface area contributed by atoms with Crippen molar-refractivity contribution in [1.82, 2.24) is 14.5 Å². The molecule has 24 heavy (non-hydrogen) atoms. The van der Waals surface area contributed by atoms with E-state index in [4.69, 9.17) is 0 Å². The Kier molecular flexibility index (Phi) is 4.46. The predicted molar refractivity (Wildman–Crippen MR) is 90.0 cm³/mol. The van der Waals surface area contributed by atoms with E-state index >= 15 is 0 Å². The maximum Gasteiger partial charge on any atom is 0.175 e. The summed E-state index contributed by atoms with van der Waals surface area (Å²) in [6.45, 7) is 0.315. The highest BCUT2D eigenvalue weighted by molar-refractivity contribution is 7.90. The Hall–Kier alpha value is -2.51. The van der Waals surface area contributed by atoms with Crippen molar-refractivity contribution in [1.29, 1.82) is 0 Å². The Balaban J connectivity index is 1.81. The minimum atomic E-state index is -3.24. The van der Waals surface area contributed by atoms with Gasteiger partial charge in [-0.05, 0) is 29.8 Å². The highest BCUT2D eigenvalue weighted by Crippen LogP contribution is 2.22. The Morgan fingerprint density at radius 1 is 1.08 bits per heavy atom. The molecular weight excluding hydrogens is 326 g/mol. The van der Waals surface area contributed by atoms with Crippen LogP contribution in [0.5, 0.6) is 0 Å². The molecule has 1 unspecified atom stereocenters. The van der Waals surface area contributed by atoms with E-state index in [0.29, 0.717) is 12.1 Å². The van der Waals surface area contributed by atoms with Gasteiger partial charge >= 0.3 is 0 Å². The van der Waals surface area contributed by atoms with E-state index in [-0.39, 0.29) is 4.90 Å². The zero-order chi connectivity index (χ0) is 17.2. The summed E-state index contributed by atoms with van der Waals surface area (Å²) in [4.78, 5) is 8.55. The number of rotatable bonds is 5. The maximum absolute atomic E-state index is 11.5. The summed E-state index contributed by atoms with van der Waals surface area (Å²) in [5, 5.41) is 10.4. The quantitative estimate of drug-likeness (QED) is 0.767. The Morgan fingerprint density at radius 3 is 2.38 bits per heavy atom. The first kappa shape index (κ1) is 16.4. The fourth-order valence-electron chi connectivity index (χ4n) is 2.45. The van der Waals surface area contributed by atoms with E-state index in [1.165, 1.54) is 12.1 Å². The molecule has 0 aliphatic heterocycles. The standard InChI is InChI=1S/C17H17N3O3S/c1-24(22,23)15-4-2-13(3-5-15)16(21)12-20-11-10-19-17(20)14-6-8-18-9-7-14/h2-11,16,21H,12H2,1H3. The van der Waals surface area contributed by atoms with E-state index in [0.717, 1.165) is 17.6 Å². The van der Waals surface area contributed by atoms with Gasteiger partial charge in [-0.25, -0.2) is 13.4 Å². The minimum absolute atomic E-state index is 0.235. The molecule has 0 radical (unpaired) electrons. The van der Waals surface area contributed by atoms with Crippen LogP contribution in [0.1, 0.15) is 11.7 Å². The zero-order valence-corrected chi connectivity index (χ0v) is 13.9. The van der Waals surface area contributed by atoms with Gasteiger partial charge in [0.2, 0.25) is 0 Å². The molecule has 0 bridgehead atoms. The normalized spacial score (nSPS) is 12.9. The van der Waals surface area contributed by atoms with Gasteiger partial charge in [0.15, 0.2) is 9.84 Å². The first-order chi connectivity index (χ1) is 11.4. The molecule has 2 aromatic heterocycles. The fourth-order valence-corrected chi connectivity index (χ4v) is 3.08. The van der Waals surface area contributed by atoms with Gasteiger partial charge in [0.25, 0.3) is 0 Å². The van der Waals surface area contributed by atoms with Gasteiger partial charge in [0.05, 0.1) is 17.5 Å². The second-order valence-electron chi connectivity index (χ2n) is 5.50. The van der Waals surface area contributed by atoms with Crippen LogP contribution in [-0.4, -0.2) is 34.3 Å². The van der Waals surface area contributed by atoms with Crippen molar-refractivity contribution in [2.75, 3.05) is 6.26 Å². The van der Waals surface area contributed by atoms with E-state index < -0.39 is 15.9 Å². The Labute approximate surface area is 140 Å². The number of pyridine rings is 1. The highest BCUT2D eigenvalue weighted by Gasteiger charge is 2.14. The van der Waals surface area contributed by atoms with Gasteiger partial charge in [-0.2, -0.15) is 0 Å². The van der Waals surface area contributed by atoms with Crippen LogP contribution in [0.2, 0.25) is 0 Å². The molecule has 0 aliphatic rings. The predicted octanol–water partition coefficient (Wildman–Crippen LogP) is 2.08. The monoisotopic (exact) mass is 343 g/mol. The van der Waals surface area contributed by atoms with Crippen molar-refractivity contribution in [3.63, 3.8) is 0 Å². The molecule has 3 aromatic rings. The molecule has 0 aliphatic carbocycles. The maximum atomic E-state index is 11.5. The molecular formula is C17H17N3O3S. The lowest BCUT2D eigenvalue weighted by molar-refractivity contribution is 0.157. The van der Waals surface area contributed by atoms with E-state index in [1.807, 2.05) is 16.7 Å². The lowest BCUT2D eigenvalue weighted by atomic mass is 10.1. The van der Waals surface area contributed by atoms with Crippen LogP contribution >= 0.6 is 0 Å². The Bertz CT molecular complexity index is 919. The third-order valence-electron chi connectivity index (χ3n) is 3.72. The average molecular weight is 343 g/mol. The van der Waals surface area contributed by atoms with Gasteiger partial charge in [-0.1, -0.05) is 12.1 Å². The van der Waals surface area contributed by atoms with Crippen LogP contribution in [0, 0.1) is 0 Å². The van der Waals surface area contributed by atoms with Crippen LogP contribution in [-0.2, 0) is 16.4 Å². The van der Waals surface area contributed by atoms with Crippen LogP contribution in [0.25, 0.3) is 11.4 Å². The van der Waals surface area contributed by atoms with Crippen LogP contribution < -0.4 is 0 Å². The third kappa shape index (κ3) is 3.52. The van der Waals surface area contributed by atoms with Gasteiger partial charge in [-0.3, -0.25) is 4.98 Å². The molecule has 1 N–H and O–H groups in total. The summed E-state index contributed by atoms with van der Waals surface area (Å²) >= 11 is 0. The molecule has 0 fully saturated rings. The molecule has 2 heterocycles. The van der Waals surface area contributed by atoms with Crippen LogP contribution in [0.15, 0.2) is 66.1 Å². The minimum Gasteiger partial charge on any atom is -0.387 e. The van der Waals surface area contributed by atoms with Gasteiger partial charge in [0, 0.05) is 36.6 Å². The summed E-state index contributed by atoms with van der Waals surface area (Å²) in [5.41, 5.74) is 1.56. The summed E-state index contributed by atoms with van der Waals surface area (Å²) < 4.78 is 24.8. The number of hydrogen-bond donors (Lipinski definition) is 1. The summed E-state index contributed by atoms with van der Waals surface area (Å²) in [7, 11) is -3.24. The van der Waals surface area contributed by atoms with Crippen molar-refractivity contribution in [2.24, 2.45) is 0 Å². The lowest BCUT2D eigenvalue weighted by Gasteiger charge is -2.14. The molecule has 0 saturated heterocycles. The number of hydrogen-bond acceptors (Lipinski definition) is 5. The second-order valence-corrected chi connectivity index (χ2v) is 7.51. The second kappa shape index (κ2) is 6.54. The average Bonchev–Trinajstić information content (AvgIpc) is 3.03. The molecule has 1 aromatic carbocycles. The van der Waals surface area contributed by atoms with Gasteiger partial charge in [-0.15, -0.1) is 0 Å². The van der Waals surface area contributed by atoms with Crippen molar-refractivity contribution < 1.29 is 13.5 Å². The van der Waals surface area contributed by atoms with Crippen LogP contribution in [0.3, 0.4) is 0 Å². The molecule has 124 valence electrons. The van der Waals surface area contributed by atoms with Crippen molar-refractivity contribution in [3.05, 3.63) is 66.7 Å². The fraction of sp³-hybridized carbons (Fsp3) is 0.176. The van der Waals surface area contributed by atoms with E-state index in [1.54, 1.807) is 36.9 Å². The number of aliphatic hydroxyl groups excluding tert-OH is 1. The lowest BCUT2D eigenvalue weighted by Crippen LogP contribution is -2.09. The van der Waals surface area contributed by atoms with E-state index in [9.17, 15) is 13.5 Å². The first-order valence-corrected chi connectivity index (χ1v) is 9.24. The van der Waals surface area contributed by atoms with Crippen molar-refractivity contribution >= 4 is 9.84 Å². The first-order valence-electron chi connectivity index (χ1n) is 7.35. The highest BCUT2D eigenvalue weighted by atomic mass is 32.2. The van der Waals surface area contributed by atoms with Crippen LogP contribution in [0.4, 0.5) is 0 Å². The Morgan fingerprint density at radius 2 is 1.75 bits per heavy atom. The number of aliphatic hydroxyl groups is 1. The molecule has 3 rings (SSSR count).